The van der Waals surface area contributed by atoms with Crippen molar-refractivity contribution in [3.63, 3.8) is 0 Å². The summed E-state index contributed by atoms with van der Waals surface area (Å²) in [4.78, 5) is 11.8. The van der Waals surface area contributed by atoms with Gasteiger partial charge < -0.3 is 10.1 Å². The fourth-order valence-corrected chi connectivity index (χ4v) is 2.52. The third-order valence-electron chi connectivity index (χ3n) is 2.98. The summed E-state index contributed by atoms with van der Waals surface area (Å²) in [5, 5.41) is 2.59. The lowest BCUT2D eigenvalue weighted by Crippen LogP contribution is -2.29. The van der Waals surface area contributed by atoms with Crippen LogP contribution < -0.4 is 14.8 Å². The number of benzene rings is 2. The van der Waals surface area contributed by atoms with Crippen molar-refractivity contribution in [2.24, 2.45) is 0 Å². The molecule has 2 N–H and O–H groups in total. The zero-order valence-electron chi connectivity index (χ0n) is 13.0. The first-order chi connectivity index (χ1) is 11.3. The van der Waals surface area contributed by atoms with Gasteiger partial charge in [0.2, 0.25) is 10.0 Å². The SMILES string of the molecule is CS(=O)(=O)Nc1ccccc1CNC(=O)COc1ccccc1F. The molecule has 8 heteroatoms. The first-order valence-corrected chi connectivity index (χ1v) is 8.94. The van der Waals surface area contributed by atoms with E-state index in [-0.39, 0.29) is 18.9 Å². The van der Waals surface area contributed by atoms with Gasteiger partial charge in [-0.25, -0.2) is 12.8 Å². The van der Waals surface area contributed by atoms with E-state index in [9.17, 15) is 17.6 Å². The molecule has 0 fully saturated rings. The number of carbonyl (C=O) groups excluding carboxylic acids is 1. The zero-order valence-corrected chi connectivity index (χ0v) is 13.8. The number of amides is 1. The molecule has 0 saturated carbocycles. The van der Waals surface area contributed by atoms with Crippen LogP contribution in [0.4, 0.5) is 10.1 Å². The van der Waals surface area contributed by atoms with E-state index in [1.165, 1.54) is 18.2 Å². The van der Waals surface area contributed by atoms with Crippen molar-refractivity contribution in [2.75, 3.05) is 17.6 Å². The number of hydrogen-bond acceptors (Lipinski definition) is 4. The van der Waals surface area contributed by atoms with Crippen molar-refractivity contribution in [1.29, 1.82) is 0 Å². The number of hydrogen-bond donors (Lipinski definition) is 2. The molecular formula is C16H17FN2O4S. The molecule has 0 heterocycles. The van der Waals surface area contributed by atoms with Gasteiger partial charge in [0.25, 0.3) is 5.91 Å². The molecule has 0 saturated heterocycles. The molecule has 128 valence electrons. The predicted molar refractivity (Wildman–Crippen MR) is 88.7 cm³/mol. The molecule has 0 aliphatic rings. The number of nitrogens with one attached hydrogen (secondary N) is 2. The topological polar surface area (TPSA) is 84.5 Å². The molecule has 0 unspecified atom stereocenters. The number of para-hydroxylation sites is 2. The van der Waals surface area contributed by atoms with Gasteiger partial charge in [0.15, 0.2) is 18.2 Å². The first-order valence-electron chi connectivity index (χ1n) is 7.05. The maximum Gasteiger partial charge on any atom is 0.258 e. The van der Waals surface area contributed by atoms with E-state index in [1.54, 1.807) is 30.3 Å². The highest BCUT2D eigenvalue weighted by Gasteiger charge is 2.09. The molecule has 24 heavy (non-hydrogen) atoms. The standard InChI is InChI=1S/C16H17FN2O4S/c1-24(21,22)19-14-8-4-2-6-12(14)10-18-16(20)11-23-15-9-5-3-7-13(15)17/h2-9,19H,10-11H2,1H3,(H,18,20). The van der Waals surface area contributed by atoms with E-state index in [0.29, 0.717) is 11.3 Å². The number of sulfonamides is 1. The number of anilines is 1. The van der Waals surface area contributed by atoms with Gasteiger partial charge in [-0.3, -0.25) is 9.52 Å². The quantitative estimate of drug-likeness (QED) is 0.797. The van der Waals surface area contributed by atoms with E-state index in [1.807, 2.05) is 0 Å². The number of halogens is 1. The van der Waals surface area contributed by atoms with Crippen molar-refractivity contribution in [3.05, 3.63) is 59.9 Å². The van der Waals surface area contributed by atoms with Gasteiger partial charge in [-0.1, -0.05) is 30.3 Å². The lowest BCUT2D eigenvalue weighted by atomic mass is 10.2. The van der Waals surface area contributed by atoms with Crippen LogP contribution in [-0.2, 0) is 21.4 Å². The Balaban J connectivity index is 1.91. The van der Waals surface area contributed by atoms with Crippen LogP contribution >= 0.6 is 0 Å². The van der Waals surface area contributed by atoms with Crippen molar-refractivity contribution < 1.29 is 22.3 Å². The van der Waals surface area contributed by atoms with E-state index in [4.69, 9.17) is 4.74 Å². The molecule has 0 radical (unpaired) electrons. The van der Waals surface area contributed by atoms with Crippen LogP contribution in [0.3, 0.4) is 0 Å². The fraction of sp³-hybridized carbons (Fsp3) is 0.188. The maximum absolute atomic E-state index is 13.4. The summed E-state index contributed by atoms with van der Waals surface area (Å²) in [6, 6.07) is 12.5. The predicted octanol–water partition coefficient (Wildman–Crippen LogP) is 1.89. The molecule has 2 rings (SSSR count). The lowest BCUT2D eigenvalue weighted by Gasteiger charge is -2.12. The first kappa shape index (κ1) is 17.7. The second-order valence-electron chi connectivity index (χ2n) is 5.03. The highest BCUT2D eigenvalue weighted by Crippen LogP contribution is 2.16. The summed E-state index contributed by atoms with van der Waals surface area (Å²) in [5.41, 5.74) is 0.984. The van der Waals surface area contributed by atoms with E-state index < -0.39 is 21.7 Å². The van der Waals surface area contributed by atoms with Crippen LogP contribution in [0.1, 0.15) is 5.56 Å². The number of ether oxygens (including phenoxy) is 1. The summed E-state index contributed by atoms with van der Waals surface area (Å²) in [7, 11) is -3.42. The van der Waals surface area contributed by atoms with Crippen molar-refractivity contribution in [3.8, 4) is 5.75 Å². The van der Waals surface area contributed by atoms with Crippen LogP contribution in [0.15, 0.2) is 48.5 Å². The van der Waals surface area contributed by atoms with Crippen LogP contribution in [0, 0.1) is 5.82 Å². The van der Waals surface area contributed by atoms with Gasteiger partial charge in [0, 0.05) is 6.54 Å². The Bertz CT molecular complexity index is 824. The molecule has 0 spiro atoms. The van der Waals surface area contributed by atoms with Gasteiger partial charge in [-0.05, 0) is 23.8 Å². The summed E-state index contributed by atoms with van der Waals surface area (Å²) < 4.78 is 43.5. The number of carbonyl (C=O) groups is 1. The van der Waals surface area contributed by atoms with E-state index >= 15 is 0 Å². The highest BCUT2D eigenvalue weighted by molar-refractivity contribution is 7.92. The fourth-order valence-electron chi connectivity index (χ4n) is 1.92. The molecule has 0 atom stereocenters. The Labute approximate surface area is 139 Å². The smallest absolute Gasteiger partial charge is 0.258 e. The van der Waals surface area contributed by atoms with Crippen LogP contribution in [0.2, 0.25) is 0 Å². The monoisotopic (exact) mass is 352 g/mol. The largest absolute Gasteiger partial charge is 0.481 e. The minimum absolute atomic E-state index is 0.00760. The minimum atomic E-state index is -3.42. The molecule has 6 nitrogen and oxygen atoms in total. The third-order valence-corrected chi connectivity index (χ3v) is 3.57. The molecule has 0 aliphatic carbocycles. The minimum Gasteiger partial charge on any atom is -0.481 e. The van der Waals surface area contributed by atoms with Gasteiger partial charge in [0.1, 0.15) is 0 Å². The Hall–Kier alpha value is -2.61. The molecule has 0 aromatic heterocycles. The highest BCUT2D eigenvalue weighted by atomic mass is 32.2. The van der Waals surface area contributed by atoms with E-state index in [0.717, 1.165) is 6.26 Å². The van der Waals surface area contributed by atoms with Crippen molar-refractivity contribution in [1.82, 2.24) is 5.32 Å². The Morgan fingerprint density at radius 2 is 1.79 bits per heavy atom. The normalized spacial score (nSPS) is 10.9. The molecule has 1 amide bonds. The molecule has 2 aromatic carbocycles. The molecule has 0 aliphatic heterocycles. The summed E-state index contributed by atoms with van der Waals surface area (Å²) in [6.07, 6.45) is 1.05. The van der Waals surface area contributed by atoms with Crippen LogP contribution in [0.25, 0.3) is 0 Å². The summed E-state index contributed by atoms with van der Waals surface area (Å²) >= 11 is 0. The Morgan fingerprint density at radius 3 is 2.50 bits per heavy atom. The maximum atomic E-state index is 13.4. The lowest BCUT2D eigenvalue weighted by molar-refractivity contribution is -0.123. The molecule has 0 bridgehead atoms. The number of rotatable bonds is 7. The van der Waals surface area contributed by atoms with Gasteiger partial charge in [-0.15, -0.1) is 0 Å². The second-order valence-corrected chi connectivity index (χ2v) is 6.78. The van der Waals surface area contributed by atoms with Crippen molar-refractivity contribution >= 4 is 21.6 Å². The Morgan fingerprint density at radius 1 is 1.12 bits per heavy atom. The summed E-state index contributed by atoms with van der Waals surface area (Å²) in [6.45, 7) is -0.235. The van der Waals surface area contributed by atoms with E-state index in [2.05, 4.69) is 10.0 Å². The molecular weight excluding hydrogens is 335 g/mol. The van der Waals surface area contributed by atoms with Gasteiger partial charge in [-0.2, -0.15) is 0 Å². The van der Waals surface area contributed by atoms with Gasteiger partial charge in [0.05, 0.1) is 11.9 Å². The Kier molecular flexibility index (Phi) is 5.75. The molecule has 2 aromatic rings. The second kappa shape index (κ2) is 7.78. The van der Waals surface area contributed by atoms with Gasteiger partial charge >= 0.3 is 0 Å². The average molecular weight is 352 g/mol. The third kappa shape index (κ3) is 5.54. The van der Waals surface area contributed by atoms with Crippen LogP contribution in [-0.4, -0.2) is 27.2 Å². The van der Waals surface area contributed by atoms with Crippen LogP contribution in [0.5, 0.6) is 5.75 Å². The zero-order chi connectivity index (χ0) is 17.6. The van der Waals surface area contributed by atoms with Crippen molar-refractivity contribution in [2.45, 2.75) is 6.54 Å². The summed E-state index contributed by atoms with van der Waals surface area (Å²) in [5.74, 6) is -1.01. The average Bonchev–Trinajstić information content (AvgIpc) is 2.52.